The number of hydrogen-bond donors (Lipinski definition) is 1. The van der Waals surface area contributed by atoms with Gasteiger partial charge in [0, 0.05) is 43.7 Å². The SMILES string of the molecule is Cc1ccc(Cc2cnc(N3CCNCC3)s2)cc1. The molecule has 0 radical (unpaired) electrons. The van der Waals surface area contributed by atoms with Crippen molar-refractivity contribution >= 4 is 16.5 Å². The molecule has 1 aromatic carbocycles. The number of nitrogens with zero attached hydrogens (tertiary/aromatic N) is 2. The first-order valence-corrected chi connectivity index (χ1v) is 7.59. The Kier molecular flexibility index (Phi) is 3.80. The average molecular weight is 273 g/mol. The van der Waals surface area contributed by atoms with E-state index in [9.17, 15) is 0 Å². The van der Waals surface area contributed by atoms with Crippen LogP contribution in [0, 0.1) is 6.92 Å². The van der Waals surface area contributed by atoms with Crippen LogP contribution >= 0.6 is 11.3 Å². The van der Waals surface area contributed by atoms with E-state index in [2.05, 4.69) is 46.4 Å². The van der Waals surface area contributed by atoms with Gasteiger partial charge in [0.05, 0.1) is 0 Å². The molecular weight excluding hydrogens is 254 g/mol. The summed E-state index contributed by atoms with van der Waals surface area (Å²) in [4.78, 5) is 8.29. The molecule has 0 unspecified atom stereocenters. The molecule has 4 heteroatoms. The van der Waals surface area contributed by atoms with E-state index in [-0.39, 0.29) is 0 Å². The van der Waals surface area contributed by atoms with Crippen LogP contribution in [0.2, 0.25) is 0 Å². The Bertz CT molecular complexity index is 527. The van der Waals surface area contributed by atoms with Crippen molar-refractivity contribution in [2.24, 2.45) is 0 Å². The highest BCUT2D eigenvalue weighted by molar-refractivity contribution is 7.15. The molecule has 100 valence electrons. The van der Waals surface area contributed by atoms with Crippen molar-refractivity contribution in [3.8, 4) is 0 Å². The summed E-state index contributed by atoms with van der Waals surface area (Å²) in [5, 5.41) is 4.54. The fourth-order valence-electron chi connectivity index (χ4n) is 2.29. The number of nitrogens with one attached hydrogen (secondary N) is 1. The summed E-state index contributed by atoms with van der Waals surface area (Å²) in [6, 6.07) is 8.76. The van der Waals surface area contributed by atoms with Gasteiger partial charge in [-0.3, -0.25) is 0 Å². The van der Waals surface area contributed by atoms with Crippen molar-refractivity contribution in [3.63, 3.8) is 0 Å². The summed E-state index contributed by atoms with van der Waals surface area (Å²) in [6.45, 7) is 6.38. The molecule has 2 aromatic rings. The number of rotatable bonds is 3. The van der Waals surface area contributed by atoms with E-state index in [0.717, 1.165) is 32.6 Å². The summed E-state index contributed by atoms with van der Waals surface area (Å²) < 4.78 is 0. The number of anilines is 1. The Balaban J connectivity index is 1.68. The zero-order valence-electron chi connectivity index (χ0n) is 11.2. The summed E-state index contributed by atoms with van der Waals surface area (Å²) >= 11 is 1.83. The lowest BCUT2D eigenvalue weighted by Crippen LogP contribution is -2.43. The molecular formula is C15H19N3S. The number of hydrogen-bond acceptors (Lipinski definition) is 4. The van der Waals surface area contributed by atoms with E-state index in [1.807, 2.05) is 17.5 Å². The second-order valence-electron chi connectivity index (χ2n) is 5.01. The average Bonchev–Trinajstić information content (AvgIpc) is 2.91. The van der Waals surface area contributed by atoms with Gasteiger partial charge in [-0.15, -0.1) is 11.3 Å². The molecule has 1 aliphatic rings. The molecule has 0 bridgehead atoms. The topological polar surface area (TPSA) is 28.2 Å². The van der Waals surface area contributed by atoms with Crippen molar-refractivity contribution in [2.45, 2.75) is 13.3 Å². The predicted octanol–water partition coefficient (Wildman–Crippen LogP) is 2.45. The van der Waals surface area contributed by atoms with Gasteiger partial charge in [0.1, 0.15) is 0 Å². The standard InChI is InChI=1S/C15H19N3S/c1-12-2-4-13(5-3-12)10-14-11-17-15(19-14)18-8-6-16-7-9-18/h2-5,11,16H,6-10H2,1H3. The molecule has 0 aliphatic carbocycles. The van der Waals surface area contributed by atoms with Crippen molar-refractivity contribution in [3.05, 3.63) is 46.5 Å². The minimum Gasteiger partial charge on any atom is -0.346 e. The first-order valence-electron chi connectivity index (χ1n) is 6.77. The van der Waals surface area contributed by atoms with Crippen LogP contribution in [0.3, 0.4) is 0 Å². The minimum absolute atomic E-state index is 0.990. The van der Waals surface area contributed by atoms with Crippen molar-refractivity contribution < 1.29 is 0 Å². The molecule has 2 heterocycles. The molecule has 1 saturated heterocycles. The van der Waals surface area contributed by atoms with Crippen LogP contribution in [0.4, 0.5) is 5.13 Å². The monoisotopic (exact) mass is 273 g/mol. The quantitative estimate of drug-likeness (QED) is 0.931. The number of aryl methyl sites for hydroxylation is 1. The summed E-state index contributed by atoms with van der Waals surface area (Å²) in [5.41, 5.74) is 2.68. The van der Waals surface area contributed by atoms with Gasteiger partial charge in [-0.2, -0.15) is 0 Å². The molecule has 1 aliphatic heterocycles. The maximum atomic E-state index is 4.57. The number of thiazole rings is 1. The predicted molar refractivity (Wildman–Crippen MR) is 81.2 cm³/mol. The third-order valence-electron chi connectivity index (χ3n) is 3.43. The molecule has 0 atom stereocenters. The van der Waals surface area contributed by atoms with Crippen molar-refractivity contribution in [1.82, 2.24) is 10.3 Å². The maximum absolute atomic E-state index is 4.57. The Morgan fingerprint density at radius 3 is 2.68 bits per heavy atom. The van der Waals surface area contributed by atoms with Crippen LogP contribution in [0.5, 0.6) is 0 Å². The Hall–Kier alpha value is -1.39. The number of benzene rings is 1. The van der Waals surface area contributed by atoms with Crippen molar-refractivity contribution in [2.75, 3.05) is 31.1 Å². The lowest BCUT2D eigenvalue weighted by molar-refractivity contribution is 0.588. The summed E-state index contributed by atoms with van der Waals surface area (Å²) in [6.07, 6.45) is 3.02. The van der Waals surface area contributed by atoms with E-state index < -0.39 is 0 Å². The van der Waals surface area contributed by atoms with Gasteiger partial charge in [0.25, 0.3) is 0 Å². The molecule has 1 N–H and O–H groups in total. The van der Waals surface area contributed by atoms with Gasteiger partial charge < -0.3 is 10.2 Å². The summed E-state index contributed by atoms with van der Waals surface area (Å²) in [7, 11) is 0. The third kappa shape index (κ3) is 3.14. The summed E-state index contributed by atoms with van der Waals surface area (Å²) in [5.74, 6) is 0. The van der Waals surface area contributed by atoms with Crippen LogP contribution < -0.4 is 10.2 Å². The van der Waals surface area contributed by atoms with Crippen LogP contribution in [0.25, 0.3) is 0 Å². The minimum atomic E-state index is 0.990. The van der Waals surface area contributed by atoms with Gasteiger partial charge in [0.2, 0.25) is 0 Å². The Labute approximate surface area is 118 Å². The smallest absolute Gasteiger partial charge is 0.185 e. The Morgan fingerprint density at radius 2 is 1.95 bits per heavy atom. The molecule has 1 aromatic heterocycles. The maximum Gasteiger partial charge on any atom is 0.185 e. The molecule has 1 fully saturated rings. The van der Waals surface area contributed by atoms with E-state index in [4.69, 9.17) is 0 Å². The van der Waals surface area contributed by atoms with Crippen LogP contribution in [-0.4, -0.2) is 31.2 Å². The van der Waals surface area contributed by atoms with E-state index >= 15 is 0 Å². The first-order chi connectivity index (χ1) is 9.31. The molecule has 0 amide bonds. The van der Waals surface area contributed by atoms with E-state index in [1.54, 1.807) is 0 Å². The van der Waals surface area contributed by atoms with Crippen LogP contribution in [-0.2, 0) is 6.42 Å². The van der Waals surface area contributed by atoms with E-state index in [0.29, 0.717) is 0 Å². The zero-order valence-corrected chi connectivity index (χ0v) is 12.0. The molecule has 0 saturated carbocycles. The van der Waals surface area contributed by atoms with E-state index in [1.165, 1.54) is 21.1 Å². The second-order valence-corrected chi connectivity index (χ2v) is 6.10. The van der Waals surface area contributed by atoms with Crippen LogP contribution in [0.15, 0.2) is 30.5 Å². The lowest BCUT2D eigenvalue weighted by atomic mass is 10.1. The first kappa shape index (κ1) is 12.6. The molecule has 3 nitrogen and oxygen atoms in total. The van der Waals surface area contributed by atoms with Gasteiger partial charge in [-0.25, -0.2) is 4.98 Å². The van der Waals surface area contributed by atoms with Crippen LogP contribution in [0.1, 0.15) is 16.0 Å². The van der Waals surface area contributed by atoms with Gasteiger partial charge >= 0.3 is 0 Å². The number of piperazine rings is 1. The Morgan fingerprint density at radius 1 is 1.21 bits per heavy atom. The van der Waals surface area contributed by atoms with Gasteiger partial charge in [-0.1, -0.05) is 29.8 Å². The van der Waals surface area contributed by atoms with Gasteiger partial charge in [0.15, 0.2) is 5.13 Å². The largest absolute Gasteiger partial charge is 0.346 e. The highest BCUT2D eigenvalue weighted by Gasteiger charge is 2.13. The highest BCUT2D eigenvalue weighted by Crippen LogP contribution is 2.24. The second kappa shape index (κ2) is 5.72. The fourth-order valence-corrected chi connectivity index (χ4v) is 3.28. The van der Waals surface area contributed by atoms with Gasteiger partial charge in [-0.05, 0) is 12.5 Å². The molecule has 19 heavy (non-hydrogen) atoms. The lowest BCUT2D eigenvalue weighted by Gasteiger charge is -2.26. The number of aromatic nitrogens is 1. The molecule has 0 spiro atoms. The molecule has 3 rings (SSSR count). The van der Waals surface area contributed by atoms with Crippen molar-refractivity contribution in [1.29, 1.82) is 0 Å². The highest BCUT2D eigenvalue weighted by atomic mass is 32.1. The third-order valence-corrected chi connectivity index (χ3v) is 4.49. The zero-order chi connectivity index (χ0) is 13.1. The fraction of sp³-hybridized carbons (Fsp3) is 0.400. The normalized spacial score (nSPS) is 15.7.